The third-order valence-electron chi connectivity index (χ3n) is 11.3. The number of hydrogen-bond donors (Lipinski definition) is 8. The van der Waals surface area contributed by atoms with Crippen molar-refractivity contribution in [3.63, 3.8) is 0 Å². The quantitative estimate of drug-likeness (QED) is 0.104. The Hall–Kier alpha value is -6.04. The Kier molecular flexibility index (Phi) is 19.1. The van der Waals surface area contributed by atoms with Crippen molar-refractivity contribution in [3.05, 3.63) is 65.7 Å². The predicted octanol–water partition coefficient (Wildman–Crippen LogP) is 1.04. The van der Waals surface area contributed by atoms with Crippen LogP contribution in [-0.4, -0.2) is 117 Å². The molecule has 0 radical (unpaired) electrons. The van der Waals surface area contributed by atoms with E-state index in [0.717, 1.165) is 19.3 Å². The van der Waals surface area contributed by atoms with Gasteiger partial charge in [0.15, 0.2) is 0 Å². The van der Waals surface area contributed by atoms with Gasteiger partial charge in [0.05, 0.1) is 18.9 Å². The van der Waals surface area contributed by atoms with E-state index in [0.29, 0.717) is 23.5 Å². The van der Waals surface area contributed by atoms with E-state index in [2.05, 4.69) is 40.4 Å². The van der Waals surface area contributed by atoms with Crippen molar-refractivity contribution in [1.29, 1.82) is 0 Å². The topological polar surface area (TPSA) is 276 Å². The molecule has 8 atom stereocenters. The number of fused-ring (bicyclic) bond motifs is 1. The molecule has 4 rings (SSSR count). The Morgan fingerprint density at radius 3 is 2.05 bits per heavy atom. The number of primary amides is 1. The molecule has 0 aromatic heterocycles. The van der Waals surface area contributed by atoms with Crippen LogP contribution in [0.1, 0.15) is 97.1 Å². The lowest BCUT2D eigenvalue weighted by Gasteiger charge is -2.30. The first-order chi connectivity index (χ1) is 30.3. The molecule has 0 spiro atoms. The van der Waals surface area contributed by atoms with E-state index in [1.165, 1.54) is 36.1 Å². The number of cyclic esters (lactones) is 1. The molecule has 9 N–H and O–H groups in total. The van der Waals surface area contributed by atoms with Gasteiger partial charge in [0.2, 0.25) is 41.4 Å². The van der Waals surface area contributed by atoms with Crippen molar-refractivity contribution >= 4 is 47.3 Å². The summed E-state index contributed by atoms with van der Waals surface area (Å²) in [6, 6.07) is 6.66. The van der Waals surface area contributed by atoms with E-state index in [-0.39, 0.29) is 44.4 Å². The van der Waals surface area contributed by atoms with Gasteiger partial charge in [-0.1, -0.05) is 89.4 Å². The van der Waals surface area contributed by atoms with Crippen molar-refractivity contribution < 1.29 is 53.3 Å². The van der Waals surface area contributed by atoms with Crippen LogP contribution in [-0.2, 0) is 55.9 Å². The number of nitrogens with zero attached hydrogens (tertiary/aromatic N) is 1. The van der Waals surface area contributed by atoms with Gasteiger partial charge in [-0.05, 0) is 54.9 Å². The second-order valence-corrected chi connectivity index (χ2v) is 17.6. The number of aliphatic hydroxyl groups excluding tert-OH is 1. The number of aliphatic hydroxyl groups is 1. The van der Waals surface area contributed by atoms with E-state index in [4.69, 9.17) is 10.5 Å². The Morgan fingerprint density at radius 1 is 0.766 bits per heavy atom. The van der Waals surface area contributed by atoms with Crippen LogP contribution in [0.25, 0.3) is 0 Å². The first kappa shape index (κ1) is 50.6. The molecule has 7 amide bonds. The van der Waals surface area contributed by atoms with E-state index < -0.39 is 108 Å². The summed E-state index contributed by atoms with van der Waals surface area (Å²) in [5.41, 5.74) is 6.70. The number of carbonyl (C=O) groups is 8. The fourth-order valence-electron chi connectivity index (χ4n) is 7.76. The number of nitrogens with one attached hydrogen (secondary N) is 5. The van der Waals surface area contributed by atoms with E-state index >= 15 is 0 Å². The molecule has 18 heteroatoms. The lowest BCUT2D eigenvalue weighted by Crippen LogP contribution is -2.60. The van der Waals surface area contributed by atoms with Gasteiger partial charge in [0.1, 0.15) is 48.1 Å². The lowest BCUT2D eigenvalue weighted by atomic mass is 10.0. The molecule has 64 heavy (non-hydrogen) atoms. The highest BCUT2D eigenvalue weighted by Crippen LogP contribution is 2.22. The minimum Gasteiger partial charge on any atom is -0.508 e. The Labute approximate surface area is 374 Å². The SMILES string of the molecule is CC(C)CCCCC[C@H]1CC(=O)N[C@H](Cc2ccccc2)C(=O)N2C[C@H](O)C[C@@H]2C(=O)N[C@H](C)C(=O)N[C@@H](C(C)C)C(=O)N[C@H](CC(N)=O)C(=O)N[C@@H](Cc2ccc(O)cc2)C(=O)O1. The largest absolute Gasteiger partial charge is 0.508 e. The van der Waals surface area contributed by atoms with Gasteiger partial charge >= 0.3 is 5.97 Å². The number of benzene rings is 2. The first-order valence-electron chi connectivity index (χ1n) is 22.1. The number of esters is 1. The number of carbonyl (C=O) groups excluding carboxylic acids is 8. The fourth-order valence-corrected chi connectivity index (χ4v) is 7.76. The summed E-state index contributed by atoms with van der Waals surface area (Å²) in [7, 11) is 0. The standard InChI is InChI=1S/C46H65N7O11/c1-26(2)12-8-6-11-15-33-23-39(57)49-35(20-29-13-9-7-10-14-29)45(62)53-25-32(55)22-37(53)43(60)48-28(5)41(58)52-40(27(3)4)44(61)50-34(24-38(47)56)42(59)51-36(46(63)64-33)21-30-16-18-31(54)19-17-30/h7,9-10,13-14,16-19,26-28,32-37,40,54-55H,6,8,11-12,15,20-25H2,1-5H3,(H2,47,56)(H,48,60)(H,49,57)(H,50,61)(H,51,59)(H,52,58)/t28-,32-,33+,34-,35-,36+,37-,40+/m1/s1. The number of hydrogen-bond acceptors (Lipinski definition) is 11. The number of aromatic hydroxyl groups is 1. The van der Waals surface area contributed by atoms with Crippen molar-refractivity contribution in [2.45, 2.75) is 147 Å². The summed E-state index contributed by atoms with van der Waals surface area (Å²) in [5.74, 6) is -6.75. The normalized spacial score (nSPS) is 25.8. The molecule has 18 nitrogen and oxygen atoms in total. The summed E-state index contributed by atoms with van der Waals surface area (Å²) in [6.07, 6.45) is -0.0825. The van der Waals surface area contributed by atoms with Crippen LogP contribution in [0.2, 0.25) is 0 Å². The Bertz CT molecular complexity index is 1940. The smallest absolute Gasteiger partial charge is 0.329 e. The molecule has 2 aromatic rings. The summed E-state index contributed by atoms with van der Waals surface area (Å²) >= 11 is 0. The maximum absolute atomic E-state index is 14.4. The van der Waals surface area contributed by atoms with Crippen molar-refractivity contribution in [2.75, 3.05) is 6.54 Å². The summed E-state index contributed by atoms with van der Waals surface area (Å²) < 4.78 is 6.03. The van der Waals surface area contributed by atoms with Crippen LogP contribution < -0.4 is 32.3 Å². The minimum absolute atomic E-state index is 0.0106. The number of nitrogens with two attached hydrogens (primary N) is 1. The highest BCUT2D eigenvalue weighted by atomic mass is 16.5. The number of unbranched alkanes of at least 4 members (excludes halogenated alkanes) is 2. The average molecular weight is 892 g/mol. The molecule has 0 bridgehead atoms. The average Bonchev–Trinajstić information content (AvgIpc) is 3.63. The van der Waals surface area contributed by atoms with Crippen LogP contribution in [0.4, 0.5) is 0 Å². The van der Waals surface area contributed by atoms with E-state index in [1.54, 1.807) is 44.2 Å². The molecule has 0 saturated carbocycles. The third-order valence-corrected chi connectivity index (χ3v) is 11.3. The molecule has 2 aromatic carbocycles. The number of phenols is 1. The second kappa shape index (κ2) is 24.1. The van der Waals surface area contributed by atoms with Crippen molar-refractivity contribution in [1.82, 2.24) is 31.5 Å². The second-order valence-electron chi connectivity index (χ2n) is 17.6. The van der Waals surface area contributed by atoms with Crippen LogP contribution in [0.5, 0.6) is 5.75 Å². The number of rotatable bonds is 13. The Morgan fingerprint density at radius 2 is 1.41 bits per heavy atom. The van der Waals surface area contributed by atoms with Crippen LogP contribution in [0.15, 0.2) is 54.6 Å². The highest BCUT2D eigenvalue weighted by Gasteiger charge is 2.43. The summed E-state index contributed by atoms with van der Waals surface area (Å²) in [5, 5.41) is 33.7. The zero-order valence-electron chi connectivity index (χ0n) is 37.3. The molecule has 2 aliphatic heterocycles. The predicted molar refractivity (Wildman–Crippen MR) is 234 cm³/mol. The van der Waals surface area contributed by atoms with Crippen LogP contribution >= 0.6 is 0 Å². The fraction of sp³-hybridized carbons (Fsp3) is 0.565. The zero-order valence-corrected chi connectivity index (χ0v) is 37.3. The van der Waals surface area contributed by atoms with Gasteiger partial charge in [-0.15, -0.1) is 0 Å². The monoisotopic (exact) mass is 891 g/mol. The number of phenolic OH excluding ortho intramolecular Hbond substituents is 1. The first-order valence-corrected chi connectivity index (χ1v) is 22.1. The summed E-state index contributed by atoms with van der Waals surface area (Å²) in [6.45, 7) is 8.60. The molecular weight excluding hydrogens is 827 g/mol. The van der Waals surface area contributed by atoms with Gasteiger partial charge in [-0.3, -0.25) is 33.6 Å². The van der Waals surface area contributed by atoms with Crippen molar-refractivity contribution in [3.8, 4) is 5.75 Å². The van der Waals surface area contributed by atoms with E-state index in [1.807, 2.05) is 0 Å². The molecule has 2 aliphatic rings. The highest BCUT2D eigenvalue weighted by molar-refractivity contribution is 5.98. The maximum atomic E-state index is 14.4. The van der Waals surface area contributed by atoms with Crippen LogP contribution in [0.3, 0.4) is 0 Å². The molecular formula is C46H65N7O11. The van der Waals surface area contributed by atoms with Gasteiger partial charge in [0, 0.05) is 25.8 Å². The minimum atomic E-state index is -1.62. The molecule has 2 heterocycles. The van der Waals surface area contributed by atoms with Gasteiger partial charge in [0.25, 0.3) is 0 Å². The zero-order chi connectivity index (χ0) is 47.1. The van der Waals surface area contributed by atoms with Gasteiger partial charge in [-0.2, -0.15) is 0 Å². The van der Waals surface area contributed by atoms with Gasteiger partial charge in [-0.25, -0.2) is 4.79 Å². The maximum Gasteiger partial charge on any atom is 0.329 e. The number of ether oxygens (including phenoxy) is 1. The molecule has 2 fully saturated rings. The molecule has 0 unspecified atom stereocenters. The van der Waals surface area contributed by atoms with Crippen LogP contribution in [0, 0.1) is 11.8 Å². The third kappa shape index (κ3) is 15.6. The van der Waals surface area contributed by atoms with E-state index in [9.17, 15) is 48.6 Å². The lowest BCUT2D eigenvalue weighted by molar-refractivity contribution is -0.155. The van der Waals surface area contributed by atoms with Crippen molar-refractivity contribution in [2.24, 2.45) is 17.6 Å². The molecule has 350 valence electrons. The Balaban J connectivity index is 1.77. The van der Waals surface area contributed by atoms with Gasteiger partial charge < -0.3 is 52.2 Å². The molecule has 2 saturated heterocycles. The molecule has 0 aliphatic carbocycles. The number of amides is 7. The summed E-state index contributed by atoms with van der Waals surface area (Å²) in [4.78, 5) is 111.